The SMILES string of the molecule is CC(=O)c1c(C)[nH]c(C=O)c1-c1cccc(F)c1. The maximum atomic E-state index is 13.2. The molecule has 1 aromatic carbocycles. The number of carbonyl (C=O) groups excluding carboxylic acids is 2. The summed E-state index contributed by atoms with van der Waals surface area (Å²) in [5, 5.41) is 0. The van der Waals surface area contributed by atoms with Gasteiger partial charge in [0, 0.05) is 16.8 Å². The normalized spacial score (nSPS) is 10.4. The Balaban J connectivity index is 2.76. The molecule has 0 aliphatic carbocycles. The molecule has 0 aliphatic rings. The number of aromatic amines is 1. The van der Waals surface area contributed by atoms with Gasteiger partial charge < -0.3 is 4.98 Å². The van der Waals surface area contributed by atoms with Crippen LogP contribution in [0.25, 0.3) is 11.1 Å². The number of rotatable bonds is 3. The third kappa shape index (κ3) is 1.97. The summed E-state index contributed by atoms with van der Waals surface area (Å²) in [6.07, 6.45) is 0.639. The number of aryl methyl sites for hydroxylation is 1. The van der Waals surface area contributed by atoms with Crippen LogP contribution in [0, 0.1) is 12.7 Å². The van der Waals surface area contributed by atoms with E-state index in [0.29, 0.717) is 34.4 Å². The molecule has 1 aromatic heterocycles. The van der Waals surface area contributed by atoms with Gasteiger partial charge >= 0.3 is 0 Å². The highest BCUT2D eigenvalue weighted by Gasteiger charge is 2.19. The number of carbonyl (C=O) groups is 2. The molecule has 2 rings (SSSR count). The Hall–Kier alpha value is -2.23. The van der Waals surface area contributed by atoms with Gasteiger partial charge in [-0.3, -0.25) is 9.59 Å². The van der Waals surface area contributed by atoms with E-state index in [4.69, 9.17) is 0 Å². The Morgan fingerprint density at radius 1 is 1.39 bits per heavy atom. The van der Waals surface area contributed by atoms with Crippen molar-refractivity contribution < 1.29 is 14.0 Å². The van der Waals surface area contributed by atoms with Crippen molar-refractivity contribution in [3.05, 3.63) is 47.0 Å². The van der Waals surface area contributed by atoms with Crippen molar-refractivity contribution in [3.63, 3.8) is 0 Å². The number of aromatic nitrogens is 1. The van der Waals surface area contributed by atoms with E-state index < -0.39 is 5.82 Å². The number of H-pyrrole nitrogens is 1. The monoisotopic (exact) mass is 245 g/mol. The number of benzene rings is 1. The molecular formula is C14H12FNO2. The third-order valence-electron chi connectivity index (χ3n) is 2.80. The Morgan fingerprint density at radius 2 is 2.11 bits per heavy atom. The molecule has 0 amide bonds. The molecule has 0 saturated carbocycles. The number of hydrogen-bond donors (Lipinski definition) is 1. The number of Topliss-reactive ketones (excluding diaryl/α,β-unsaturated/α-hetero) is 1. The molecule has 0 bridgehead atoms. The van der Waals surface area contributed by atoms with Crippen LogP contribution in [0.5, 0.6) is 0 Å². The quantitative estimate of drug-likeness (QED) is 0.667. The molecule has 0 atom stereocenters. The zero-order valence-corrected chi connectivity index (χ0v) is 10.1. The zero-order chi connectivity index (χ0) is 13.3. The average Bonchev–Trinajstić information content (AvgIpc) is 2.66. The van der Waals surface area contributed by atoms with Gasteiger partial charge in [0.05, 0.1) is 5.69 Å². The van der Waals surface area contributed by atoms with Crippen LogP contribution in [0.4, 0.5) is 4.39 Å². The van der Waals surface area contributed by atoms with Crippen molar-refractivity contribution in [2.24, 2.45) is 0 Å². The second-order valence-electron chi connectivity index (χ2n) is 4.10. The van der Waals surface area contributed by atoms with Crippen LogP contribution in [-0.4, -0.2) is 17.1 Å². The first-order valence-corrected chi connectivity index (χ1v) is 5.49. The lowest BCUT2D eigenvalue weighted by molar-refractivity contribution is 0.101. The van der Waals surface area contributed by atoms with Crippen LogP contribution in [0.1, 0.15) is 33.5 Å². The van der Waals surface area contributed by atoms with Gasteiger partial charge in [0.15, 0.2) is 12.1 Å². The lowest BCUT2D eigenvalue weighted by Crippen LogP contribution is -1.96. The van der Waals surface area contributed by atoms with E-state index in [1.165, 1.54) is 19.1 Å². The van der Waals surface area contributed by atoms with Crippen molar-refractivity contribution >= 4 is 12.1 Å². The number of hydrogen-bond acceptors (Lipinski definition) is 2. The third-order valence-corrected chi connectivity index (χ3v) is 2.80. The fourth-order valence-corrected chi connectivity index (χ4v) is 2.12. The minimum atomic E-state index is -0.405. The molecule has 0 aliphatic heterocycles. The summed E-state index contributed by atoms with van der Waals surface area (Å²) in [6.45, 7) is 3.14. The molecule has 0 fully saturated rings. The zero-order valence-electron chi connectivity index (χ0n) is 10.1. The first kappa shape index (κ1) is 12.2. The molecule has 1 N–H and O–H groups in total. The van der Waals surface area contributed by atoms with Gasteiger partial charge in [-0.05, 0) is 31.5 Å². The standard InChI is InChI=1S/C14H12FNO2/c1-8-13(9(2)18)14(12(7-17)16-8)10-4-3-5-11(15)6-10/h3-7,16H,1-2H3. The van der Waals surface area contributed by atoms with E-state index in [-0.39, 0.29) is 5.78 Å². The van der Waals surface area contributed by atoms with E-state index in [1.54, 1.807) is 19.1 Å². The highest BCUT2D eigenvalue weighted by molar-refractivity contribution is 6.06. The molecule has 2 aromatic rings. The summed E-state index contributed by atoms with van der Waals surface area (Å²) in [5.41, 5.74) is 2.33. The van der Waals surface area contributed by atoms with E-state index >= 15 is 0 Å². The highest BCUT2D eigenvalue weighted by Crippen LogP contribution is 2.30. The largest absolute Gasteiger partial charge is 0.355 e. The topological polar surface area (TPSA) is 49.9 Å². The van der Waals surface area contributed by atoms with Gasteiger partial charge in [-0.1, -0.05) is 12.1 Å². The minimum Gasteiger partial charge on any atom is -0.355 e. The van der Waals surface area contributed by atoms with E-state index in [1.807, 2.05) is 0 Å². The van der Waals surface area contributed by atoms with Crippen LogP contribution in [0.2, 0.25) is 0 Å². The lowest BCUT2D eigenvalue weighted by Gasteiger charge is -2.03. The fourth-order valence-electron chi connectivity index (χ4n) is 2.12. The Bertz CT molecular complexity index is 629. The molecule has 4 heteroatoms. The van der Waals surface area contributed by atoms with Crippen LogP contribution in [0.3, 0.4) is 0 Å². The van der Waals surface area contributed by atoms with Crippen molar-refractivity contribution in [2.45, 2.75) is 13.8 Å². The molecule has 0 radical (unpaired) electrons. The van der Waals surface area contributed by atoms with Gasteiger partial charge in [-0.2, -0.15) is 0 Å². The molecule has 0 saturated heterocycles. The van der Waals surface area contributed by atoms with Crippen LogP contribution in [-0.2, 0) is 0 Å². The summed E-state index contributed by atoms with van der Waals surface area (Å²) in [6, 6.07) is 5.84. The number of halogens is 1. The maximum absolute atomic E-state index is 13.2. The highest BCUT2D eigenvalue weighted by atomic mass is 19.1. The van der Waals surface area contributed by atoms with Crippen LogP contribution >= 0.6 is 0 Å². The second-order valence-corrected chi connectivity index (χ2v) is 4.10. The molecule has 0 unspecified atom stereocenters. The number of aldehydes is 1. The Kier molecular flexibility index (Phi) is 3.10. The summed E-state index contributed by atoms with van der Waals surface area (Å²) in [7, 11) is 0. The smallest absolute Gasteiger partial charge is 0.166 e. The van der Waals surface area contributed by atoms with Gasteiger partial charge in [0.25, 0.3) is 0 Å². The lowest BCUT2D eigenvalue weighted by atomic mass is 9.98. The van der Waals surface area contributed by atoms with Gasteiger partial charge in [-0.15, -0.1) is 0 Å². The van der Waals surface area contributed by atoms with Crippen LogP contribution in [0.15, 0.2) is 24.3 Å². The molecule has 92 valence electrons. The maximum Gasteiger partial charge on any atom is 0.166 e. The van der Waals surface area contributed by atoms with Gasteiger partial charge in [-0.25, -0.2) is 4.39 Å². The molecule has 0 spiro atoms. The fraction of sp³-hybridized carbons (Fsp3) is 0.143. The van der Waals surface area contributed by atoms with Gasteiger partial charge in [0.1, 0.15) is 5.82 Å². The van der Waals surface area contributed by atoms with Gasteiger partial charge in [0.2, 0.25) is 0 Å². The minimum absolute atomic E-state index is 0.156. The predicted octanol–water partition coefficient (Wildman–Crippen LogP) is 3.14. The predicted molar refractivity (Wildman–Crippen MR) is 66.3 cm³/mol. The Morgan fingerprint density at radius 3 is 2.67 bits per heavy atom. The second kappa shape index (κ2) is 4.56. The van der Waals surface area contributed by atoms with Crippen molar-refractivity contribution in [1.29, 1.82) is 0 Å². The van der Waals surface area contributed by atoms with Crippen LogP contribution < -0.4 is 0 Å². The van der Waals surface area contributed by atoms with E-state index in [9.17, 15) is 14.0 Å². The summed E-state index contributed by atoms with van der Waals surface area (Å²) < 4.78 is 13.2. The summed E-state index contributed by atoms with van der Waals surface area (Å²) in [4.78, 5) is 25.5. The van der Waals surface area contributed by atoms with E-state index in [0.717, 1.165) is 0 Å². The molecule has 18 heavy (non-hydrogen) atoms. The summed E-state index contributed by atoms with van der Waals surface area (Å²) >= 11 is 0. The van der Waals surface area contributed by atoms with Crippen molar-refractivity contribution in [2.75, 3.05) is 0 Å². The molecule has 3 nitrogen and oxygen atoms in total. The summed E-state index contributed by atoms with van der Waals surface area (Å²) in [5.74, 6) is -0.561. The first-order chi connectivity index (χ1) is 8.54. The average molecular weight is 245 g/mol. The van der Waals surface area contributed by atoms with Crippen molar-refractivity contribution in [1.82, 2.24) is 4.98 Å². The van der Waals surface area contributed by atoms with E-state index in [2.05, 4.69) is 4.98 Å². The molecule has 1 heterocycles. The Labute approximate surface area is 104 Å². The number of nitrogens with one attached hydrogen (secondary N) is 1. The number of ketones is 1. The van der Waals surface area contributed by atoms with Crippen molar-refractivity contribution in [3.8, 4) is 11.1 Å². The molecular weight excluding hydrogens is 233 g/mol. The first-order valence-electron chi connectivity index (χ1n) is 5.49.